The highest BCUT2D eigenvalue weighted by molar-refractivity contribution is 5.90. The predicted molar refractivity (Wildman–Crippen MR) is 105 cm³/mol. The lowest BCUT2D eigenvalue weighted by atomic mass is 10.0. The number of nitrogens with two attached hydrogens (primary N) is 1. The van der Waals surface area contributed by atoms with Gasteiger partial charge in [-0.25, -0.2) is 9.59 Å². The maximum Gasteiger partial charge on any atom is 0.407 e. The van der Waals surface area contributed by atoms with Crippen molar-refractivity contribution in [2.45, 2.75) is 65.2 Å². The number of carbonyl (C=O) groups excluding carboxylic acids is 2. The maximum atomic E-state index is 12.2. The molecule has 152 valence electrons. The first-order valence-electron chi connectivity index (χ1n) is 9.01. The minimum absolute atomic E-state index is 0.148. The molecule has 0 aliphatic carbocycles. The third kappa shape index (κ3) is 8.77. The van der Waals surface area contributed by atoms with Crippen molar-refractivity contribution in [3.63, 3.8) is 0 Å². The van der Waals surface area contributed by atoms with Crippen LogP contribution in [0.3, 0.4) is 0 Å². The Morgan fingerprint density at radius 1 is 1.11 bits per heavy atom. The molecule has 0 saturated heterocycles. The molecule has 0 bridgehead atoms. The van der Waals surface area contributed by atoms with Gasteiger partial charge in [-0.05, 0) is 71.2 Å². The van der Waals surface area contributed by atoms with Gasteiger partial charge in [-0.15, -0.1) is 0 Å². The Labute approximate surface area is 161 Å². The Kier molecular flexibility index (Phi) is 8.09. The Bertz CT molecular complexity index is 650. The number of esters is 1. The summed E-state index contributed by atoms with van der Waals surface area (Å²) in [6, 6.07) is 4.84. The number of benzene rings is 1. The van der Waals surface area contributed by atoms with Gasteiger partial charge in [-0.1, -0.05) is 0 Å². The van der Waals surface area contributed by atoms with Crippen LogP contribution in [-0.4, -0.2) is 37.0 Å². The van der Waals surface area contributed by atoms with E-state index in [4.69, 9.17) is 19.9 Å². The van der Waals surface area contributed by atoms with E-state index in [2.05, 4.69) is 5.32 Å². The fraction of sp³-hybridized carbons (Fsp3) is 0.600. The topological polar surface area (TPSA) is 99.9 Å². The summed E-state index contributed by atoms with van der Waals surface area (Å²) in [6.45, 7) is 9.86. The Morgan fingerprint density at radius 2 is 1.78 bits per heavy atom. The van der Waals surface area contributed by atoms with Gasteiger partial charge >= 0.3 is 12.1 Å². The van der Waals surface area contributed by atoms with Crippen molar-refractivity contribution in [1.29, 1.82) is 0 Å². The summed E-state index contributed by atoms with van der Waals surface area (Å²) >= 11 is 0. The number of nitrogen functional groups attached to an aromatic ring is 1. The third-order valence-electron chi connectivity index (χ3n) is 3.70. The molecular formula is C20H32N2O5. The zero-order chi connectivity index (χ0) is 20.7. The molecule has 7 heteroatoms. The number of ether oxygens (including phenoxy) is 3. The summed E-state index contributed by atoms with van der Waals surface area (Å²) in [5, 5.41) is 2.68. The Hall–Kier alpha value is -2.28. The molecular weight excluding hydrogens is 348 g/mol. The molecule has 1 amide bonds. The van der Waals surface area contributed by atoms with E-state index in [-0.39, 0.29) is 6.54 Å². The standard InChI is InChI=1S/C20H32N2O5/c1-19(2,3)26-17(23)14-8-9-16(21)15(12-14)13-22-18(24)27-20(4,5)10-7-11-25-6/h8-9,12H,7,10-11,13,21H2,1-6H3,(H,22,24). The normalized spacial score (nSPS) is 11.8. The van der Waals surface area contributed by atoms with Crippen LogP contribution >= 0.6 is 0 Å². The minimum Gasteiger partial charge on any atom is -0.456 e. The van der Waals surface area contributed by atoms with Crippen LogP contribution in [0.2, 0.25) is 0 Å². The summed E-state index contributed by atoms with van der Waals surface area (Å²) in [6.07, 6.45) is 0.936. The molecule has 1 aromatic rings. The number of alkyl carbamates (subject to hydrolysis) is 1. The number of hydrogen-bond donors (Lipinski definition) is 2. The molecule has 0 heterocycles. The second kappa shape index (κ2) is 9.60. The van der Waals surface area contributed by atoms with Gasteiger partial charge < -0.3 is 25.3 Å². The molecule has 1 rings (SSSR count). The molecule has 1 aromatic carbocycles. The van der Waals surface area contributed by atoms with E-state index < -0.39 is 23.3 Å². The smallest absolute Gasteiger partial charge is 0.407 e. The first kappa shape index (κ1) is 22.8. The molecule has 0 saturated carbocycles. The quantitative estimate of drug-likeness (QED) is 0.406. The molecule has 0 unspecified atom stereocenters. The SMILES string of the molecule is COCCCC(C)(C)OC(=O)NCc1cc(C(=O)OC(C)(C)C)ccc1N. The first-order valence-corrected chi connectivity index (χ1v) is 9.01. The highest BCUT2D eigenvalue weighted by Gasteiger charge is 2.23. The summed E-state index contributed by atoms with van der Waals surface area (Å²) in [4.78, 5) is 24.3. The number of methoxy groups -OCH3 is 1. The Morgan fingerprint density at radius 3 is 2.37 bits per heavy atom. The summed E-state index contributed by atoms with van der Waals surface area (Å²) in [7, 11) is 1.64. The second-order valence-corrected chi connectivity index (χ2v) is 8.01. The number of nitrogens with one attached hydrogen (secondary N) is 1. The summed E-state index contributed by atoms with van der Waals surface area (Å²) < 4.78 is 15.8. The number of carbonyl (C=O) groups is 2. The summed E-state index contributed by atoms with van der Waals surface area (Å²) in [5.41, 5.74) is 6.23. The molecule has 0 aromatic heterocycles. The number of amides is 1. The van der Waals surface area contributed by atoms with Crippen molar-refractivity contribution in [2.24, 2.45) is 0 Å². The van der Waals surface area contributed by atoms with E-state index in [1.807, 2.05) is 13.8 Å². The minimum atomic E-state index is -0.605. The van der Waals surface area contributed by atoms with Gasteiger partial charge in [0.1, 0.15) is 11.2 Å². The van der Waals surface area contributed by atoms with Crippen LogP contribution < -0.4 is 11.1 Å². The van der Waals surface area contributed by atoms with Crippen LogP contribution in [0.25, 0.3) is 0 Å². The van der Waals surface area contributed by atoms with Crippen LogP contribution in [-0.2, 0) is 20.8 Å². The van der Waals surface area contributed by atoms with E-state index in [1.54, 1.807) is 46.1 Å². The molecule has 0 spiro atoms. The average Bonchev–Trinajstić information content (AvgIpc) is 2.52. The molecule has 0 aliphatic heterocycles. The van der Waals surface area contributed by atoms with Gasteiger partial charge in [-0.3, -0.25) is 0 Å². The largest absolute Gasteiger partial charge is 0.456 e. The zero-order valence-electron chi connectivity index (χ0n) is 17.2. The van der Waals surface area contributed by atoms with Crippen molar-refractivity contribution in [2.75, 3.05) is 19.5 Å². The highest BCUT2D eigenvalue weighted by atomic mass is 16.6. The van der Waals surface area contributed by atoms with Crippen molar-refractivity contribution in [3.8, 4) is 0 Å². The predicted octanol–water partition coefficient (Wildman–Crippen LogP) is 3.66. The lowest BCUT2D eigenvalue weighted by molar-refractivity contribution is 0.00691. The van der Waals surface area contributed by atoms with Crippen LogP contribution in [0.15, 0.2) is 18.2 Å². The molecule has 0 atom stereocenters. The van der Waals surface area contributed by atoms with Crippen molar-refractivity contribution in [3.05, 3.63) is 29.3 Å². The fourth-order valence-corrected chi connectivity index (χ4v) is 2.37. The molecule has 0 aliphatic rings. The monoisotopic (exact) mass is 380 g/mol. The highest BCUT2D eigenvalue weighted by Crippen LogP contribution is 2.19. The van der Waals surface area contributed by atoms with Gasteiger partial charge in [0.05, 0.1) is 5.56 Å². The summed E-state index contributed by atoms with van der Waals surface area (Å²) in [5.74, 6) is -0.439. The van der Waals surface area contributed by atoms with Crippen molar-refractivity contribution in [1.82, 2.24) is 5.32 Å². The first-order chi connectivity index (χ1) is 12.4. The van der Waals surface area contributed by atoms with Gasteiger partial charge in [0.2, 0.25) is 0 Å². The zero-order valence-corrected chi connectivity index (χ0v) is 17.2. The number of rotatable bonds is 8. The van der Waals surface area contributed by atoms with Gasteiger partial charge in [-0.2, -0.15) is 0 Å². The van der Waals surface area contributed by atoms with Crippen LogP contribution in [0, 0.1) is 0 Å². The van der Waals surface area contributed by atoms with E-state index in [0.717, 1.165) is 6.42 Å². The molecule has 27 heavy (non-hydrogen) atoms. The Balaban J connectivity index is 2.67. The lowest BCUT2D eigenvalue weighted by Crippen LogP contribution is -2.34. The van der Waals surface area contributed by atoms with Gasteiger partial charge in [0.25, 0.3) is 0 Å². The molecule has 0 radical (unpaired) electrons. The fourth-order valence-electron chi connectivity index (χ4n) is 2.37. The van der Waals surface area contributed by atoms with E-state index >= 15 is 0 Å². The molecule has 3 N–H and O–H groups in total. The van der Waals surface area contributed by atoms with E-state index in [0.29, 0.717) is 29.8 Å². The van der Waals surface area contributed by atoms with Crippen LogP contribution in [0.1, 0.15) is 63.4 Å². The van der Waals surface area contributed by atoms with Gasteiger partial charge in [0, 0.05) is 25.9 Å². The molecule has 7 nitrogen and oxygen atoms in total. The van der Waals surface area contributed by atoms with Crippen molar-refractivity contribution < 1.29 is 23.8 Å². The maximum absolute atomic E-state index is 12.2. The third-order valence-corrected chi connectivity index (χ3v) is 3.70. The molecule has 0 fully saturated rings. The van der Waals surface area contributed by atoms with E-state index in [1.165, 1.54) is 0 Å². The van der Waals surface area contributed by atoms with Gasteiger partial charge in [0.15, 0.2) is 0 Å². The van der Waals surface area contributed by atoms with Crippen molar-refractivity contribution >= 4 is 17.7 Å². The van der Waals surface area contributed by atoms with Crippen LogP contribution in [0.4, 0.5) is 10.5 Å². The second-order valence-electron chi connectivity index (χ2n) is 8.01. The lowest BCUT2D eigenvalue weighted by Gasteiger charge is -2.25. The number of hydrogen-bond acceptors (Lipinski definition) is 6. The average molecular weight is 380 g/mol. The van der Waals surface area contributed by atoms with E-state index in [9.17, 15) is 9.59 Å². The van der Waals surface area contributed by atoms with Crippen LogP contribution in [0.5, 0.6) is 0 Å². The number of anilines is 1.